The van der Waals surface area contributed by atoms with E-state index in [1.54, 1.807) is 70.6 Å². The standard InChI is InChI=1S/C35H72O8S6/c36-14-28-44-22-1-8-34(9-2-23-45-29-15-37,10-3-24-46-30-16-38)42-20-7-21-43-35(11-4-25-47-31-17-39,12-5-26-48-32-18-40)13-6-27-49-33-19-41/h36-41H,1-33H2. The minimum absolute atomic E-state index is 0.200. The van der Waals surface area contributed by atoms with Crippen LogP contribution in [0.15, 0.2) is 0 Å². The van der Waals surface area contributed by atoms with Crippen LogP contribution in [0, 0.1) is 0 Å². The zero-order chi connectivity index (χ0) is 36.0. The summed E-state index contributed by atoms with van der Waals surface area (Å²) in [6, 6.07) is 0. The Morgan fingerprint density at radius 2 is 0.490 bits per heavy atom. The predicted octanol–water partition coefficient (Wildman–Crippen LogP) is 5.92. The SMILES string of the molecule is OCCSCCCC(CCCSCCO)(CCCSCCO)OCCCOC(CCCSCCO)(CCCSCCO)CCCSCCO. The molecule has 0 fully saturated rings. The van der Waals surface area contributed by atoms with Crippen LogP contribution in [0.4, 0.5) is 0 Å². The van der Waals surface area contributed by atoms with Gasteiger partial charge >= 0.3 is 0 Å². The molecule has 0 aromatic heterocycles. The lowest BCUT2D eigenvalue weighted by Crippen LogP contribution is -2.36. The fourth-order valence-corrected chi connectivity index (χ4v) is 9.89. The van der Waals surface area contributed by atoms with Gasteiger partial charge in [0, 0.05) is 47.7 Å². The molecule has 6 N–H and O–H groups in total. The van der Waals surface area contributed by atoms with Crippen molar-refractivity contribution >= 4 is 70.6 Å². The Bertz CT molecular complexity index is 535. The number of aliphatic hydroxyl groups excluding tert-OH is 6. The predicted molar refractivity (Wildman–Crippen MR) is 224 cm³/mol. The van der Waals surface area contributed by atoms with Gasteiger partial charge in [0.25, 0.3) is 0 Å². The van der Waals surface area contributed by atoms with Crippen LogP contribution < -0.4 is 0 Å². The van der Waals surface area contributed by atoms with Gasteiger partial charge in [-0.3, -0.25) is 0 Å². The van der Waals surface area contributed by atoms with E-state index < -0.39 is 0 Å². The van der Waals surface area contributed by atoms with Gasteiger partial charge in [-0.2, -0.15) is 70.6 Å². The number of hydrogen-bond acceptors (Lipinski definition) is 14. The zero-order valence-electron chi connectivity index (χ0n) is 30.3. The highest BCUT2D eigenvalue weighted by molar-refractivity contribution is 8.00. The molecule has 0 aliphatic rings. The van der Waals surface area contributed by atoms with Gasteiger partial charge in [-0.05, 0) is 118 Å². The number of rotatable bonds is 42. The molecule has 0 unspecified atom stereocenters. The highest BCUT2D eigenvalue weighted by atomic mass is 32.2. The summed E-state index contributed by atoms with van der Waals surface area (Å²) < 4.78 is 13.8. The summed E-state index contributed by atoms with van der Waals surface area (Å²) in [4.78, 5) is 0. The largest absolute Gasteiger partial charge is 0.396 e. The summed E-state index contributed by atoms with van der Waals surface area (Å²) >= 11 is 10.8. The van der Waals surface area contributed by atoms with Crippen LogP contribution in [0.25, 0.3) is 0 Å². The van der Waals surface area contributed by atoms with Crippen molar-refractivity contribution in [2.45, 2.75) is 94.7 Å². The smallest absolute Gasteiger partial charge is 0.0683 e. The van der Waals surface area contributed by atoms with E-state index in [-0.39, 0.29) is 50.8 Å². The molecule has 0 bridgehead atoms. The second-order valence-corrected chi connectivity index (χ2v) is 19.4. The van der Waals surface area contributed by atoms with Gasteiger partial charge in [0.2, 0.25) is 0 Å². The molecule has 0 aromatic carbocycles. The quantitative estimate of drug-likeness (QED) is 0.0407. The van der Waals surface area contributed by atoms with Gasteiger partial charge in [0.05, 0.1) is 50.8 Å². The summed E-state index contributed by atoms with van der Waals surface area (Å²) in [5, 5.41) is 55.4. The van der Waals surface area contributed by atoms with Crippen LogP contribution >= 0.6 is 70.6 Å². The van der Waals surface area contributed by atoms with Gasteiger partial charge in [0.15, 0.2) is 0 Å². The first-order chi connectivity index (χ1) is 24.1. The molecule has 0 heterocycles. The van der Waals surface area contributed by atoms with E-state index in [0.29, 0.717) is 13.2 Å². The molecule has 8 nitrogen and oxygen atoms in total. The number of thioether (sulfide) groups is 6. The summed E-state index contributed by atoms with van der Waals surface area (Å²) in [5.41, 5.74) is -0.400. The van der Waals surface area contributed by atoms with Crippen molar-refractivity contribution in [2.24, 2.45) is 0 Å². The molecule has 0 aliphatic carbocycles. The summed E-state index contributed by atoms with van der Waals surface area (Å²) in [5.74, 6) is 10.7. The van der Waals surface area contributed by atoms with Crippen molar-refractivity contribution in [2.75, 3.05) is 122 Å². The van der Waals surface area contributed by atoms with Gasteiger partial charge < -0.3 is 40.1 Å². The summed E-state index contributed by atoms with van der Waals surface area (Å²) in [6.07, 6.45) is 13.1. The Morgan fingerprint density at radius 1 is 0.286 bits per heavy atom. The lowest BCUT2D eigenvalue weighted by Gasteiger charge is -2.36. The third-order valence-corrected chi connectivity index (χ3v) is 14.3. The Kier molecular flexibility index (Phi) is 40.9. The van der Waals surface area contributed by atoms with E-state index in [0.717, 1.165) is 153 Å². The monoisotopic (exact) mass is 812 g/mol. The summed E-state index contributed by atoms with van der Waals surface area (Å²) in [7, 11) is 0. The average molecular weight is 813 g/mol. The van der Waals surface area contributed by atoms with Crippen LogP contribution in [-0.2, 0) is 9.47 Å². The van der Waals surface area contributed by atoms with Crippen molar-refractivity contribution in [1.29, 1.82) is 0 Å². The molecule has 0 rings (SSSR count). The molecular formula is C35H72O8S6. The van der Waals surface area contributed by atoms with E-state index in [1.165, 1.54) is 0 Å². The molecule has 0 amide bonds. The van der Waals surface area contributed by atoms with Crippen molar-refractivity contribution < 1.29 is 40.1 Å². The zero-order valence-corrected chi connectivity index (χ0v) is 35.2. The highest BCUT2D eigenvalue weighted by Gasteiger charge is 2.32. The molecule has 0 saturated carbocycles. The first-order valence-electron chi connectivity index (χ1n) is 18.5. The molecule has 0 aromatic rings. The van der Waals surface area contributed by atoms with Crippen molar-refractivity contribution in [3.8, 4) is 0 Å². The van der Waals surface area contributed by atoms with E-state index >= 15 is 0 Å². The molecular weight excluding hydrogens is 741 g/mol. The molecule has 296 valence electrons. The Morgan fingerprint density at radius 3 is 0.673 bits per heavy atom. The Balaban J connectivity index is 5.57. The maximum atomic E-state index is 9.24. The topological polar surface area (TPSA) is 140 Å². The van der Waals surface area contributed by atoms with E-state index in [2.05, 4.69) is 0 Å². The van der Waals surface area contributed by atoms with Gasteiger partial charge in [-0.25, -0.2) is 0 Å². The van der Waals surface area contributed by atoms with Crippen LogP contribution in [0.5, 0.6) is 0 Å². The molecule has 14 heteroatoms. The molecule has 0 aliphatic heterocycles. The van der Waals surface area contributed by atoms with Crippen LogP contribution in [0.3, 0.4) is 0 Å². The minimum Gasteiger partial charge on any atom is -0.396 e. The molecule has 0 saturated heterocycles. The van der Waals surface area contributed by atoms with Crippen molar-refractivity contribution in [3.63, 3.8) is 0 Å². The maximum Gasteiger partial charge on any atom is 0.0683 e. The fourth-order valence-electron chi connectivity index (χ4n) is 5.80. The first-order valence-corrected chi connectivity index (χ1v) is 25.4. The number of aliphatic hydroxyl groups is 6. The lowest BCUT2D eigenvalue weighted by molar-refractivity contribution is -0.0937. The van der Waals surface area contributed by atoms with E-state index in [4.69, 9.17) is 9.47 Å². The average Bonchev–Trinajstić information content (AvgIpc) is 3.11. The molecule has 0 radical (unpaired) electrons. The number of hydrogen-bond donors (Lipinski definition) is 6. The second-order valence-electron chi connectivity index (χ2n) is 12.1. The Hall–Kier alpha value is 1.78. The lowest BCUT2D eigenvalue weighted by atomic mass is 9.87. The van der Waals surface area contributed by atoms with Crippen LogP contribution in [-0.4, -0.2) is 164 Å². The number of ether oxygens (including phenoxy) is 2. The van der Waals surface area contributed by atoms with Crippen LogP contribution in [0.2, 0.25) is 0 Å². The van der Waals surface area contributed by atoms with Gasteiger partial charge in [0.1, 0.15) is 0 Å². The molecule has 49 heavy (non-hydrogen) atoms. The van der Waals surface area contributed by atoms with Gasteiger partial charge in [-0.15, -0.1) is 0 Å². The maximum absolute atomic E-state index is 9.24. The fraction of sp³-hybridized carbons (Fsp3) is 1.00. The normalized spacial score (nSPS) is 12.4. The third-order valence-electron chi connectivity index (χ3n) is 8.05. The summed E-state index contributed by atoms with van der Waals surface area (Å²) in [6.45, 7) is 2.57. The highest BCUT2D eigenvalue weighted by Crippen LogP contribution is 2.34. The first kappa shape index (κ1) is 50.8. The third kappa shape index (κ3) is 31.8. The minimum atomic E-state index is -0.200. The molecule has 0 spiro atoms. The van der Waals surface area contributed by atoms with Crippen molar-refractivity contribution in [3.05, 3.63) is 0 Å². The van der Waals surface area contributed by atoms with Gasteiger partial charge in [-0.1, -0.05) is 0 Å². The van der Waals surface area contributed by atoms with E-state index in [9.17, 15) is 30.6 Å². The van der Waals surface area contributed by atoms with Crippen LogP contribution in [0.1, 0.15) is 83.5 Å². The Labute approximate surface area is 325 Å². The second kappa shape index (κ2) is 39.5. The van der Waals surface area contributed by atoms with Crippen molar-refractivity contribution in [1.82, 2.24) is 0 Å². The van der Waals surface area contributed by atoms with E-state index in [1.807, 2.05) is 0 Å². The molecule has 0 atom stereocenters.